The van der Waals surface area contributed by atoms with Crippen molar-refractivity contribution >= 4 is 49.9 Å². The zero-order valence-corrected chi connectivity index (χ0v) is 13.8. The van der Waals surface area contributed by atoms with Crippen LogP contribution in [-0.2, 0) is 10.0 Å². The zero-order chi connectivity index (χ0) is 17.8. The van der Waals surface area contributed by atoms with E-state index in [2.05, 4.69) is 25.2 Å². The number of guanidine groups is 1. The van der Waals surface area contributed by atoms with Crippen LogP contribution in [0.5, 0.6) is 5.75 Å². The lowest BCUT2D eigenvalue weighted by atomic mass is 10.2. The predicted octanol–water partition coefficient (Wildman–Crippen LogP) is 2.64. The van der Waals surface area contributed by atoms with Gasteiger partial charge in [-0.15, -0.1) is 4.40 Å². The van der Waals surface area contributed by atoms with Crippen LogP contribution in [-0.4, -0.2) is 29.7 Å². The van der Waals surface area contributed by atoms with Crippen LogP contribution in [0.15, 0.2) is 39.8 Å². The Balaban J connectivity index is 1.80. The van der Waals surface area contributed by atoms with Gasteiger partial charge in [0.05, 0.1) is 17.4 Å². The Bertz CT molecular complexity index is 1160. The molecule has 1 aromatic heterocycles. The SMILES string of the molecule is O=S1(=O)N=C(Nc2cccc3[nH]ncc23)Nc2c1cc(F)c(Cl)c2O. The van der Waals surface area contributed by atoms with E-state index < -0.39 is 31.5 Å². The van der Waals surface area contributed by atoms with Crippen LogP contribution in [0.2, 0.25) is 5.02 Å². The number of phenolic OH excluding ortho intramolecular Hbond substituents is 1. The zero-order valence-electron chi connectivity index (χ0n) is 12.2. The molecule has 0 saturated heterocycles. The van der Waals surface area contributed by atoms with E-state index in [0.29, 0.717) is 17.1 Å². The molecule has 0 aliphatic carbocycles. The van der Waals surface area contributed by atoms with Crippen molar-refractivity contribution in [1.29, 1.82) is 0 Å². The summed E-state index contributed by atoms with van der Waals surface area (Å²) in [5.74, 6) is -1.94. The van der Waals surface area contributed by atoms with Crippen LogP contribution < -0.4 is 10.6 Å². The van der Waals surface area contributed by atoms with Crippen molar-refractivity contribution in [3.05, 3.63) is 41.3 Å². The smallest absolute Gasteiger partial charge is 0.287 e. The molecule has 4 N–H and O–H groups in total. The summed E-state index contributed by atoms with van der Waals surface area (Å²) in [5, 5.41) is 22.2. The minimum Gasteiger partial charge on any atom is -0.504 e. The third-order valence-electron chi connectivity index (χ3n) is 3.63. The molecule has 0 unspecified atom stereocenters. The highest BCUT2D eigenvalue weighted by atomic mass is 35.5. The van der Waals surface area contributed by atoms with E-state index in [1.54, 1.807) is 24.4 Å². The number of H-pyrrole nitrogens is 1. The topological polar surface area (TPSA) is 119 Å². The van der Waals surface area contributed by atoms with Crippen LogP contribution in [0.1, 0.15) is 0 Å². The maximum atomic E-state index is 13.6. The van der Waals surface area contributed by atoms with Gasteiger partial charge in [-0.2, -0.15) is 13.5 Å². The Morgan fingerprint density at radius 3 is 2.92 bits per heavy atom. The van der Waals surface area contributed by atoms with Gasteiger partial charge in [0, 0.05) is 5.39 Å². The van der Waals surface area contributed by atoms with Gasteiger partial charge in [-0.25, -0.2) is 4.39 Å². The maximum absolute atomic E-state index is 13.6. The summed E-state index contributed by atoms with van der Waals surface area (Å²) in [6, 6.07) is 5.93. The van der Waals surface area contributed by atoms with Crippen molar-refractivity contribution in [2.45, 2.75) is 4.90 Å². The Hall–Kier alpha value is -2.85. The second-order valence-electron chi connectivity index (χ2n) is 5.20. The van der Waals surface area contributed by atoms with Crippen LogP contribution in [0.3, 0.4) is 0 Å². The van der Waals surface area contributed by atoms with Gasteiger partial charge in [-0.05, 0) is 18.2 Å². The first kappa shape index (κ1) is 15.7. The normalized spacial score (nSPS) is 15.4. The second kappa shape index (κ2) is 5.33. The Morgan fingerprint density at radius 2 is 2.12 bits per heavy atom. The average molecular weight is 382 g/mol. The summed E-state index contributed by atoms with van der Waals surface area (Å²) in [6.07, 6.45) is 1.56. The number of nitrogens with one attached hydrogen (secondary N) is 3. The van der Waals surface area contributed by atoms with Gasteiger partial charge in [0.15, 0.2) is 5.75 Å². The first-order valence-corrected chi connectivity index (χ1v) is 8.71. The summed E-state index contributed by atoms with van der Waals surface area (Å²) in [5.41, 5.74) is 1.02. The fourth-order valence-electron chi connectivity index (χ4n) is 2.48. The summed E-state index contributed by atoms with van der Waals surface area (Å²) >= 11 is 5.65. The molecule has 0 bridgehead atoms. The first-order valence-electron chi connectivity index (χ1n) is 6.89. The summed E-state index contributed by atoms with van der Waals surface area (Å²) < 4.78 is 41.8. The van der Waals surface area contributed by atoms with Crippen LogP contribution in [0.25, 0.3) is 10.9 Å². The molecule has 2 aromatic carbocycles. The molecular weight excluding hydrogens is 373 g/mol. The second-order valence-corrected chi connectivity index (χ2v) is 7.15. The number of aromatic hydroxyl groups is 1. The number of halogens is 2. The van der Waals surface area contributed by atoms with E-state index >= 15 is 0 Å². The van der Waals surface area contributed by atoms with E-state index in [-0.39, 0.29) is 11.6 Å². The minimum atomic E-state index is -4.23. The number of aromatic amines is 1. The van der Waals surface area contributed by atoms with Gasteiger partial charge < -0.3 is 15.7 Å². The largest absolute Gasteiger partial charge is 0.504 e. The van der Waals surface area contributed by atoms with Crippen LogP contribution >= 0.6 is 11.6 Å². The highest BCUT2D eigenvalue weighted by Crippen LogP contribution is 2.41. The predicted molar refractivity (Wildman–Crippen MR) is 91.0 cm³/mol. The van der Waals surface area contributed by atoms with Crippen LogP contribution in [0, 0.1) is 5.82 Å². The van der Waals surface area contributed by atoms with Crippen molar-refractivity contribution in [3.63, 3.8) is 0 Å². The fraction of sp³-hybridized carbons (Fsp3) is 0. The molecule has 11 heteroatoms. The molecule has 0 radical (unpaired) electrons. The number of anilines is 2. The summed E-state index contributed by atoms with van der Waals surface area (Å²) in [4.78, 5) is -0.501. The Kier molecular flexibility index (Phi) is 3.34. The van der Waals surface area contributed by atoms with Crippen molar-refractivity contribution in [2.75, 3.05) is 10.6 Å². The van der Waals surface area contributed by atoms with E-state index in [0.717, 1.165) is 5.52 Å². The monoisotopic (exact) mass is 381 g/mol. The third-order valence-corrected chi connectivity index (χ3v) is 5.29. The van der Waals surface area contributed by atoms with E-state index in [1.807, 2.05) is 0 Å². The van der Waals surface area contributed by atoms with Crippen LogP contribution in [0.4, 0.5) is 15.8 Å². The molecule has 1 aliphatic heterocycles. The Labute approximate surface area is 145 Å². The number of nitrogens with zero attached hydrogens (tertiary/aromatic N) is 2. The van der Waals surface area contributed by atoms with E-state index in [1.165, 1.54) is 0 Å². The lowest BCUT2D eigenvalue weighted by Gasteiger charge is -2.20. The van der Waals surface area contributed by atoms with Crippen molar-refractivity contribution in [1.82, 2.24) is 10.2 Å². The Morgan fingerprint density at radius 1 is 1.32 bits per heavy atom. The molecular formula is C14H9ClFN5O3S. The molecule has 0 spiro atoms. The summed E-state index contributed by atoms with van der Waals surface area (Å²) in [7, 11) is -4.23. The molecule has 3 aromatic rings. The first-order chi connectivity index (χ1) is 11.9. The number of aromatic nitrogens is 2. The number of sulfonamides is 1. The minimum absolute atomic E-state index is 0.167. The number of rotatable bonds is 1. The van der Waals surface area contributed by atoms with E-state index in [9.17, 15) is 17.9 Å². The molecule has 128 valence electrons. The van der Waals surface area contributed by atoms with Gasteiger partial charge in [-0.1, -0.05) is 17.7 Å². The van der Waals surface area contributed by atoms with Gasteiger partial charge in [0.25, 0.3) is 10.0 Å². The van der Waals surface area contributed by atoms with Crippen molar-refractivity contribution in [3.8, 4) is 5.75 Å². The molecule has 2 heterocycles. The molecule has 0 atom stereocenters. The fourth-order valence-corrected chi connectivity index (χ4v) is 3.72. The average Bonchev–Trinajstić information content (AvgIpc) is 3.03. The number of fused-ring (bicyclic) bond motifs is 2. The highest BCUT2D eigenvalue weighted by Gasteiger charge is 2.30. The van der Waals surface area contributed by atoms with Gasteiger partial charge in [0.2, 0.25) is 5.96 Å². The number of hydrogen-bond donors (Lipinski definition) is 4. The molecule has 1 aliphatic rings. The number of phenols is 1. The van der Waals surface area contributed by atoms with Crippen molar-refractivity contribution < 1.29 is 17.9 Å². The third kappa shape index (κ3) is 2.46. The quantitative estimate of drug-likeness (QED) is 0.481. The molecule has 8 nitrogen and oxygen atoms in total. The number of benzene rings is 2. The highest BCUT2D eigenvalue weighted by molar-refractivity contribution is 7.90. The molecule has 0 amide bonds. The molecule has 4 rings (SSSR count). The lowest BCUT2D eigenvalue weighted by molar-refractivity contribution is 0.469. The maximum Gasteiger partial charge on any atom is 0.287 e. The lowest BCUT2D eigenvalue weighted by Crippen LogP contribution is -2.28. The number of hydrogen-bond acceptors (Lipinski definition) is 6. The molecule has 25 heavy (non-hydrogen) atoms. The van der Waals surface area contributed by atoms with Gasteiger partial charge in [0.1, 0.15) is 21.4 Å². The molecule has 0 fully saturated rings. The standard InChI is InChI=1S/C14H9ClFN5O3S/c15-11-7(16)4-10-12(13(11)22)19-14(21-25(10,23)24)18-8-2-1-3-9-6(8)5-17-20-9/h1-5,22H,(H,17,20)(H2,18,19,21). The van der Waals surface area contributed by atoms with E-state index in [4.69, 9.17) is 11.6 Å². The van der Waals surface area contributed by atoms with Gasteiger partial charge in [-0.3, -0.25) is 5.10 Å². The van der Waals surface area contributed by atoms with Crippen molar-refractivity contribution in [2.24, 2.45) is 4.40 Å². The van der Waals surface area contributed by atoms with Gasteiger partial charge >= 0.3 is 0 Å². The molecule has 0 saturated carbocycles. The summed E-state index contributed by atoms with van der Waals surface area (Å²) in [6.45, 7) is 0.